The van der Waals surface area contributed by atoms with Gasteiger partial charge in [0.1, 0.15) is 23.1 Å². The summed E-state index contributed by atoms with van der Waals surface area (Å²) >= 11 is 0. The zero-order valence-electron chi connectivity index (χ0n) is 16.3. The first-order chi connectivity index (χ1) is 14.4. The third-order valence-corrected chi connectivity index (χ3v) is 5.13. The SMILES string of the molecule is COc1ccc(C2=NO[C@@H]3C(=O)N(c4ccc([N+](=O)[O-])cc4C)C(=O)[C@H]23)c(OC)c1. The van der Waals surface area contributed by atoms with Gasteiger partial charge in [0, 0.05) is 23.8 Å². The molecule has 0 aliphatic carbocycles. The van der Waals surface area contributed by atoms with Crippen LogP contribution in [0.3, 0.4) is 0 Å². The third kappa shape index (κ3) is 2.84. The molecule has 1 saturated heterocycles. The van der Waals surface area contributed by atoms with Crippen molar-refractivity contribution in [2.24, 2.45) is 11.1 Å². The lowest BCUT2D eigenvalue weighted by Crippen LogP contribution is -2.33. The van der Waals surface area contributed by atoms with Crippen LogP contribution in [0, 0.1) is 23.0 Å². The fourth-order valence-electron chi connectivity index (χ4n) is 3.65. The van der Waals surface area contributed by atoms with Crippen LogP contribution in [0.4, 0.5) is 11.4 Å². The fourth-order valence-corrected chi connectivity index (χ4v) is 3.65. The summed E-state index contributed by atoms with van der Waals surface area (Å²) in [7, 11) is 2.99. The molecule has 2 aromatic rings. The number of nitro groups is 1. The van der Waals surface area contributed by atoms with Crippen molar-refractivity contribution in [1.82, 2.24) is 0 Å². The molecule has 0 bridgehead atoms. The second-order valence-corrected chi connectivity index (χ2v) is 6.79. The van der Waals surface area contributed by atoms with Gasteiger partial charge in [-0.05, 0) is 30.7 Å². The molecule has 2 amide bonds. The molecule has 0 unspecified atom stereocenters. The van der Waals surface area contributed by atoms with Gasteiger partial charge in [-0.2, -0.15) is 0 Å². The summed E-state index contributed by atoms with van der Waals surface area (Å²) in [6.45, 7) is 1.60. The van der Waals surface area contributed by atoms with Gasteiger partial charge in [-0.1, -0.05) is 5.16 Å². The van der Waals surface area contributed by atoms with Crippen molar-refractivity contribution < 1.29 is 28.8 Å². The summed E-state index contributed by atoms with van der Waals surface area (Å²) in [4.78, 5) is 42.9. The molecule has 10 nitrogen and oxygen atoms in total. The van der Waals surface area contributed by atoms with E-state index in [9.17, 15) is 19.7 Å². The minimum atomic E-state index is -1.10. The molecule has 0 aromatic heterocycles. The Kier molecular flexibility index (Phi) is 4.61. The van der Waals surface area contributed by atoms with E-state index in [0.29, 0.717) is 22.6 Å². The Bertz CT molecular complexity index is 1110. The van der Waals surface area contributed by atoms with Crippen molar-refractivity contribution in [2.75, 3.05) is 19.1 Å². The van der Waals surface area contributed by atoms with Gasteiger partial charge in [-0.3, -0.25) is 19.7 Å². The Labute approximate surface area is 170 Å². The number of imide groups is 1. The Hall–Kier alpha value is -3.95. The van der Waals surface area contributed by atoms with Crippen LogP contribution in [-0.4, -0.2) is 42.8 Å². The zero-order valence-corrected chi connectivity index (χ0v) is 16.3. The van der Waals surface area contributed by atoms with E-state index in [1.165, 1.54) is 32.4 Å². The average Bonchev–Trinajstić information content (AvgIpc) is 3.28. The van der Waals surface area contributed by atoms with Crippen LogP contribution in [0.25, 0.3) is 0 Å². The normalized spacial score (nSPS) is 20.0. The Morgan fingerprint density at radius 2 is 1.87 bits per heavy atom. The van der Waals surface area contributed by atoms with E-state index in [2.05, 4.69) is 5.16 Å². The Morgan fingerprint density at radius 3 is 2.50 bits per heavy atom. The molecule has 2 atom stereocenters. The highest BCUT2D eigenvalue weighted by Crippen LogP contribution is 2.39. The fraction of sp³-hybridized carbons (Fsp3) is 0.250. The Morgan fingerprint density at radius 1 is 1.10 bits per heavy atom. The number of carbonyl (C=O) groups excluding carboxylic acids is 2. The highest BCUT2D eigenvalue weighted by atomic mass is 16.7. The third-order valence-electron chi connectivity index (χ3n) is 5.13. The number of nitro benzene ring substituents is 1. The van der Waals surface area contributed by atoms with Crippen LogP contribution in [0.5, 0.6) is 11.5 Å². The molecule has 30 heavy (non-hydrogen) atoms. The van der Waals surface area contributed by atoms with Crippen molar-refractivity contribution in [3.8, 4) is 11.5 Å². The minimum absolute atomic E-state index is 0.128. The number of carbonyl (C=O) groups is 2. The van der Waals surface area contributed by atoms with E-state index in [1.807, 2.05) is 0 Å². The molecule has 0 N–H and O–H groups in total. The monoisotopic (exact) mass is 411 g/mol. The highest BCUT2D eigenvalue weighted by Gasteiger charge is 2.56. The number of amides is 2. The van der Waals surface area contributed by atoms with Crippen molar-refractivity contribution in [1.29, 1.82) is 0 Å². The first-order valence-electron chi connectivity index (χ1n) is 8.96. The molecule has 2 heterocycles. The lowest BCUT2D eigenvalue weighted by molar-refractivity contribution is -0.384. The molecule has 0 radical (unpaired) electrons. The second kappa shape index (κ2) is 7.14. The summed E-state index contributed by atoms with van der Waals surface area (Å²) in [6, 6.07) is 8.96. The summed E-state index contributed by atoms with van der Waals surface area (Å²) in [5, 5.41) is 15.0. The maximum Gasteiger partial charge on any atom is 0.278 e. The molecule has 0 saturated carbocycles. The lowest BCUT2D eigenvalue weighted by Gasteiger charge is -2.18. The number of methoxy groups -OCH3 is 2. The van der Waals surface area contributed by atoms with Crippen LogP contribution < -0.4 is 14.4 Å². The molecule has 2 aliphatic rings. The number of ether oxygens (including phenoxy) is 2. The van der Waals surface area contributed by atoms with Crippen LogP contribution >= 0.6 is 0 Å². The number of oxime groups is 1. The molecular weight excluding hydrogens is 394 g/mol. The first kappa shape index (κ1) is 19.4. The summed E-state index contributed by atoms with van der Waals surface area (Å²) in [5.41, 5.74) is 1.35. The first-order valence-corrected chi connectivity index (χ1v) is 8.96. The van der Waals surface area contributed by atoms with Gasteiger partial charge in [0.15, 0.2) is 0 Å². The van der Waals surface area contributed by atoms with E-state index < -0.39 is 28.8 Å². The smallest absolute Gasteiger partial charge is 0.278 e. The molecule has 2 aromatic carbocycles. The van der Waals surface area contributed by atoms with E-state index in [4.69, 9.17) is 14.3 Å². The van der Waals surface area contributed by atoms with E-state index >= 15 is 0 Å². The second-order valence-electron chi connectivity index (χ2n) is 6.79. The summed E-state index contributed by atoms with van der Waals surface area (Å²) < 4.78 is 10.6. The summed E-state index contributed by atoms with van der Waals surface area (Å²) in [6.07, 6.45) is -1.10. The number of anilines is 1. The van der Waals surface area contributed by atoms with Crippen molar-refractivity contribution in [2.45, 2.75) is 13.0 Å². The quantitative estimate of drug-likeness (QED) is 0.420. The molecule has 0 spiro atoms. The number of hydrogen-bond donors (Lipinski definition) is 0. The number of nitrogens with zero attached hydrogens (tertiary/aromatic N) is 3. The number of non-ortho nitro benzene ring substituents is 1. The standard InChI is InChI=1S/C20H17N3O7/c1-10-8-11(23(26)27)4-7-14(10)22-19(24)16-17(21-30-18(16)20(22)25)13-6-5-12(28-2)9-15(13)29-3/h4-9,16,18H,1-3H3/t16-,18+/m1/s1. The predicted octanol–water partition coefficient (Wildman–Crippen LogP) is 2.21. The van der Waals surface area contributed by atoms with Crippen LogP contribution in [0.15, 0.2) is 41.6 Å². The topological polar surface area (TPSA) is 121 Å². The molecule has 1 fully saturated rings. The van der Waals surface area contributed by atoms with Gasteiger partial charge in [0.05, 0.1) is 24.8 Å². The number of hydrogen-bond acceptors (Lipinski definition) is 8. The van der Waals surface area contributed by atoms with Crippen molar-refractivity contribution in [3.63, 3.8) is 0 Å². The maximum absolute atomic E-state index is 13.2. The van der Waals surface area contributed by atoms with Crippen molar-refractivity contribution in [3.05, 3.63) is 57.6 Å². The van der Waals surface area contributed by atoms with Crippen LogP contribution in [-0.2, 0) is 14.4 Å². The summed E-state index contributed by atoms with van der Waals surface area (Å²) in [5.74, 6) is -1.06. The number of benzene rings is 2. The van der Waals surface area contributed by atoms with Gasteiger partial charge >= 0.3 is 0 Å². The van der Waals surface area contributed by atoms with Crippen molar-refractivity contribution >= 4 is 28.9 Å². The van der Waals surface area contributed by atoms with Crippen LogP contribution in [0.2, 0.25) is 0 Å². The molecule has 154 valence electrons. The zero-order chi connectivity index (χ0) is 21.6. The molecule has 10 heteroatoms. The predicted molar refractivity (Wildman–Crippen MR) is 105 cm³/mol. The molecule has 4 rings (SSSR count). The average molecular weight is 411 g/mol. The molecule has 2 aliphatic heterocycles. The minimum Gasteiger partial charge on any atom is -0.497 e. The Balaban J connectivity index is 1.71. The van der Waals surface area contributed by atoms with Gasteiger partial charge < -0.3 is 14.3 Å². The number of aryl methyl sites for hydroxylation is 1. The highest BCUT2D eigenvalue weighted by molar-refractivity contribution is 6.33. The van der Waals surface area contributed by atoms with Gasteiger partial charge in [0.2, 0.25) is 12.0 Å². The lowest BCUT2D eigenvalue weighted by atomic mass is 9.93. The molecular formula is C20H17N3O7. The van der Waals surface area contributed by atoms with Gasteiger partial charge in [0.25, 0.3) is 11.6 Å². The maximum atomic E-state index is 13.2. The number of rotatable bonds is 5. The van der Waals surface area contributed by atoms with Gasteiger partial charge in [-0.15, -0.1) is 0 Å². The largest absolute Gasteiger partial charge is 0.497 e. The van der Waals surface area contributed by atoms with Gasteiger partial charge in [-0.25, -0.2) is 4.90 Å². The van der Waals surface area contributed by atoms with E-state index in [0.717, 1.165) is 4.90 Å². The number of fused-ring (bicyclic) bond motifs is 1. The van der Waals surface area contributed by atoms with E-state index in [-0.39, 0.29) is 17.1 Å². The van der Waals surface area contributed by atoms with E-state index in [1.54, 1.807) is 25.1 Å². The van der Waals surface area contributed by atoms with Crippen LogP contribution in [0.1, 0.15) is 11.1 Å².